The molecule has 30 heavy (non-hydrogen) atoms. The maximum Gasteiger partial charge on any atom is 0.155 e. The molecule has 0 unspecified atom stereocenters. The zero-order valence-electron chi connectivity index (χ0n) is 15.9. The van der Waals surface area contributed by atoms with Crippen LogP contribution in [0.15, 0.2) is 52.9 Å². The first-order chi connectivity index (χ1) is 14.6. The molecule has 0 fully saturated rings. The minimum absolute atomic E-state index is 0.190. The minimum Gasteiger partial charge on any atom is -0.394 e. The molecule has 4 aromatic rings. The molecular formula is C20H17FN6O2S. The van der Waals surface area contributed by atoms with Crippen LogP contribution in [0.3, 0.4) is 0 Å². The molecule has 2 N–H and O–H groups in total. The van der Waals surface area contributed by atoms with Crippen LogP contribution in [-0.2, 0) is 0 Å². The first-order valence-corrected chi connectivity index (χ1v) is 9.85. The van der Waals surface area contributed by atoms with Gasteiger partial charge in [0.15, 0.2) is 5.82 Å². The van der Waals surface area contributed by atoms with Gasteiger partial charge in [-0.05, 0) is 25.1 Å². The Balaban J connectivity index is 1.87. The predicted molar refractivity (Wildman–Crippen MR) is 107 cm³/mol. The summed E-state index contributed by atoms with van der Waals surface area (Å²) >= 11 is 1.11. The number of halogens is 1. The van der Waals surface area contributed by atoms with E-state index in [0.29, 0.717) is 16.0 Å². The lowest BCUT2D eigenvalue weighted by molar-refractivity contribution is 0.145. The van der Waals surface area contributed by atoms with Gasteiger partial charge in [-0.2, -0.15) is 15.5 Å². The Labute approximate surface area is 175 Å². The van der Waals surface area contributed by atoms with E-state index in [-0.39, 0.29) is 18.2 Å². The Morgan fingerprint density at radius 3 is 2.77 bits per heavy atom. The van der Waals surface area contributed by atoms with Gasteiger partial charge in [0.25, 0.3) is 0 Å². The molecular weight excluding hydrogens is 407 g/mol. The Morgan fingerprint density at radius 2 is 2.07 bits per heavy atom. The molecule has 0 atom stereocenters. The zero-order chi connectivity index (χ0) is 21.3. The van der Waals surface area contributed by atoms with Gasteiger partial charge in [0.1, 0.15) is 11.1 Å². The van der Waals surface area contributed by atoms with E-state index in [1.807, 2.05) is 13.0 Å². The van der Waals surface area contributed by atoms with Crippen LogP contribution >= 0.6 is 11.8 Å². The van der Waals surface area contributed by atoms with E-state index in [9.17, 15) is 19.9 Å². The maximum absolute atomic E-state index is 14.2. The van der Waals surface area contributed by atoms with Gasteiger partial charge >= 0.3 is 0 Å². The van der Waals surface area contributed by atoms with E-state index in [1.54, 1.807) is 21.6 Å². The van der Waals surface area contributed by atoms with E-state index in [4.69, 9.17) is 0 Å². The van der Waals surface area contributed by atoms with Crippen LogP contribution in [0.2, 0.25) is 0 Å². The average Bonchev–Trinajstić information content (AvgIpc) is 3.34. The van der Waals surface area contributed by atoms with E-state index in [1.165, 1.54) is 24.5 Å². The standard InChI is InChI=1S/C20H17FN6O2S/c1-12-16(8-25-27(12)15(10-28)11-29)13-5-18(30-20-17(21)3-2-4-23-20)19-14(6-22)7-24-26(19)9-13/h2-5,7-9,15,28-29H,10-11H2,1H3. The van der Waals surface area contributed by atoms with Crippen LogP contribution in [0.5, 0.6) is 0 Å². The summed E-state index contributed by atoms with van der Waals surface area (Å²) in [6.45, 7) is 1.34. The summed E-state index contributed by atoms with van der Waals surface area (Å²) in [5, 5.41) is 37.2. The van der Waals surface area contributed by atoms with Crippen LogP contribution in [0, 0.1) is 24.1 Å². The summed E-state index contributed by atoms with van der Waals surface area (Å²) in [6, 6.07) is 6.24. The van der Waals surface area contributed by atoms with Gasteiger partial charge in [0, 0.05) is 34.1 Å². The lowest BCUT2D eigenvalue weighted by Crippen LogP contribution is -2.19. The van der Waals surface area contributed by atoms with E-state index < -0.39 is 11.9 Å². The topological polar surface area (TPSA) is 112 Å². The van der Waals surface area contributed by atoms with Gasteiger partial charge < -0.3 is 10.2 Å². The van der Waals surface area contributed by atoms with Crippen LogP contribution in [-0.4, -0.2) is 47.8 Å². The van der Waals surface area contributed by atoms with Crippen LogP contribution in [0.25, 0.3) is 16.6 Å². The third-order valence-corrected chi connectivity index (χ3v) is 5.78. The van der Waals surface area contributed by atoms with Crippen molar-refractivity contribution in [2.45, 2.75) is 22.9 Å². The molecule has 0 aromatic carbocycles. The molecule has 0 saturated carbocycles. The quantitative estimate of drug-likeness (QED) is 0.489. The van der Waals surface area contributed by atoms with Crippen molar-refractivity contribution in [3.05, 3.63) is 60.1 Å². The predicted octanol–water partition coefficient (Wildman–Crippen LogP) is 2.59. The second-order valence-electron chi connectivity index (χ2n) is 6.56. The second-order valence-corrected chi connectivity index (χ2v) is 7.59. The van der Waals surface area contributed by atoms with Gasteiger partial charge in [0.2, 0.25) is 0 Å². The Kier molecular flexibility index (Phi) is 5.50. The van der Waals surface area contributed by atoms with Gasteiger partial charge in [0.05, 0.1) is 42.7 Å². The highest BCUT2D eigenvalue weighted by Crippen LogP contribution is 2.36. The lowest BCUT2D eigenvalue weighted by atomic mass is 10.1. The monoisotopic (exact) mass is 424 g/mol. The van der Waals surface area contributed by atoms with Crippen molar-refractivity contribution >= 4 is 17.3 Å². The summed E-state index contributed by atoms with van der Waals surface area (Å²) in [7, 11) is 0. The number of aliphatic hydroxyl groups is 2. The molecule has 152 valence electrons. The van der Waals surface area contributed by atoms with E-state index in [0.717, 1.165) is 28.6 Å². The Hall–Kier alpha value is -3.26. The Morgan fingerprint density at radius 1 is 1.27 bits per heavy atom. The molecule has 4 rings (SSSR count). The molecule has 0 bridgehead atoms. The molecule has 4 aromatic heterocycles. The molecule has 0 aliphatic heterocycles. The normalized spacial score (nSPS) is 11.3. The summed E-state index contributed by atoms with van der Waals surface area (Å²) in [4.78, 5) is 4.71. The number of nitriles is 1. The SMILES string of the molecule is Cc1c(-c2cc(Sc3ncccc3F)c3c(C#N)cnn3c2)cnn1C(CO)CO. The molecule has 0 aliphatic rings. The fraction of sp³-hybridized carbons (Fsp3) is 0.200. The summed E-state index contributed by atoms with van der Waals surface area (Å²) in [5.74, 6) is -0.457. The van der Waals surface area contributed by atoms with Crippen molar-refractivity contribution in [1.29, 1.82) is 5.26 Å². The number of hydrogen-bond acceptors (Lipinski definition) is 7. The van der Waals surface area contributed by atoms with Gasteiger partial charge in [-0.15, -0.1) is 0 Å². The molecule has 10 heteroatoms. The highest BCUT2D eigenvalue weighted by molar-refractivity contribution is 7.99. The van der Waals surface area contributed by atoms with Crippen LogP contribution < -0.4 is 0 Å². The average molecular weight is 424 g/mol. The summed E-state index contributed by atoms with van der Waals surface area (Å²) in [5.41, 5.74) is 3.18. The number of fused-ring (bicyclic) bond motifs is 1. The van der Waals surface area contributed by atoms with Gasteiger partial charge in [-0.3, -0.25) is 4.68 Å². The third-order valence-electron chi connectivity index (χ3n) is 4.75. The molecule has 8 nitrogen and oxygen atoms in total. The van der Waals surface area contributed by atoms with Gasteiger partial charge in [-0.1, -0.05) is 11.8 Å². The number of aromatic nitrogens is 5. The number of rotatable bonds is 6. The largest absolute Gasteiger partial charge is 0.394 e. The van der Waals surface area contributed by atoms with Crippen molar-refractivity contribution < 1.29 is 14.6 Å². The maximum atomic E-state index is 14.2. The van der Waals surface area contributed by atoms with E-state index >= 15 is 0 Å². The van der Waals surface area contributed by atoms with E-state index in [2.05, 4.69) is 21.3 Å². The Bertz CT molecular complexity index is 1260. The molecule has 0 amide bonds. The highest BCUT2D eigenvalue weighted by Gasteiger charge is 2.19. The van der Waals surface area contributed by atoms with Crippen LogP contribution in [0.4, 0.5) is 4.39 Å². The van der Waals surface area contributed by atoms with Crippen molar-refractivity contribution in [3.63, 3.8) is 0 Å². The molecule has 0 radical (unpaired) electrons. The second kappa shape index (κ2) is 8.23. The van der Waals surface area contributed by atoms with Gasteiger partial charge in [-0.25, -0.2) is 13.9 Å². The van der Waals surface area contributed by atoms with Crippen LogP contribution in [0.1, 0.15) is 17.3 Å². The fourth-order valence-electron chi connectivity index (χ4n) is 3.23. The number of aliphatic hydroxyl groups excluding tert-OH is 2. The number of nitrogens with zero attached hydrogens (tertiary/aromatic N) is 6. The highest BCUT2D eigenvalue weighted by atomic mass is 32.2. The minimum atomic E-state index is -0.547. The number of pyridine rings is 2. The zero-order valence-corrected chi connectivity index (χ0v) is 16.7. The molecule has 0 saturated heterocycles. The van der Waals surface area contributed by atoms with Crippen molar-refractivity contribution in [2.24, 2.45) is 0 Å². The van der Waals surface area contributed by atoms with Crippen molar-refractivity contribution in [3.8, 4) is 17.2 Å². The fourth-order valence-corrected chi connectivity index (χ4v) is 4.20. The first kappa shape index (κ1) is 20.0. The summed E-state index contributed by atoms with van der Waals surface area (Å²) in [6.07, 6.45) is 6.36. The smallest absolute Gasteiger partial charge is 0.155 e. The molecule has 0 spiro atoms. The number of hydrogen-bond donors (Lipinski definition) is 2. The first-order valence-electron chi connectivity index (χ1n) is 9.03. The summed E-state index contributed by atoms with van der Waals surface area (Å²) < 4.78 is 17.3. The molecule has 0 aliphatic carbocycles. The molecule has 4 heterocycles. The third kappa shape index (κ3) is 3.43. The lowest BCUT2D eigenvalue weighted by Gasteiger charge is -2.14. The van der Waals surface area contributed by atoms with Crippen molar-refractivity contribution in [2.75, 3.05) is 13.2 Å². The van der Waals surface area contributed by atoms with Crippen molar-refractivity contribution in [1.82, 2.24) is 24.4 Å².